The first-order chi connectivity index (χ1) is 12.8. The number of ketones is 1. The van der Waals surface area contributed by atoms with E-state index in [1.54, 1.807) is 43.4 Å². The Morgan fingerprint density at radius 1 is 1.30 bits per heavy atom. The Balaban J connectivity index is 2.38. The molecule has 0 radical (unpaired) electrons. The summed E-state index contributed by atoms with van der Waals surface area (Å²) >= 11 is 0. The van der Waals surface area contributed by atoms with Crippen LogP contribution in [0.25, 0.3) is 0 Å². The minimum absolute atomic E-state index is 0.0104. The molecule has 1 aliphatic rings. The molecule has 27 heavy (non-hydrogen) atoms. The molecule has 0 unspecified atom stereocenters. The van der Waals surface area contributed by atoms with Gasteiger partial charge in [0.25, 0.3) is 0 Å². The number of methoxy groups -OCH3 is 1. The van der Waals surface area contributed by atoms with Crippen molar-refractivity contribution in [3.05, 3.63) is 35.2 Å². The van der Waals surface area contributed by atoms with Gasteiger partial charge in [-0.25, -0.2) is 4.79 Å². The summed E-state index contributed by atoms with van der Waals surface area (Å²) < 4.78 is 6.53. The van der Waals surface area contributed by atoms with Gasteiger partial charge in [-0.05, 0) is 39.2 Å². The largest absolute Gasteiger partial charge is 0.464 e. The van der Waals surface area contributed by atoms with Crippen LogP contribution in [0.3, 0.4) is 0 Å². The van der Waals surface area contributed by atoms with Crippen molar-refractivity contribution in [2.75, 3.05) is 13.7 Å². The Morgan fingerprint density at radius 3 is 2.41 bits per heavy atom. The number of Topliss-reactive ketones (excluding diaryl/α,β-unsaturated/α-hetero) is 1. The molecule has 6 nitrogen and oxygen atoms in total. The zero-order chi connectivity index (χ0) is 20.3. The Labute approximate surface area is 161 Å². The van der Waals surface area contributed by atoms with Crippen LogP contribution in [0.4, 0.5) is 0 Å². The zero-order valence-corrected chi connectivity index (χ0v) is 17.0. The number of nitrogens with zero attached hydrogens (tertiary/aromatic N) is 2. The Bertz CT molecular complexity index is 757. The van der Waals surface area contributed by atoms with Gasteiger partial charge < -0.3 is 14.2 Å². The normalized spacial score (nSPS) is 15.4. The molecule has 1 saturated carbocycles. The standard InChI is InChI=1S/C21H30N2O4/c1-7-12-23(20(25)16-10-8-9-11-16)15(4)19(24)17-13(2)18(21(26)27-6)22(5)14(17)3/h7,15-16H,1,8-12H2,2-6H3/t15-/m0/s1. The summed E-state index contributed by atoms with van der Waals surface area (Å²) in [4.78, 5) is 40.0. The lowest BCUT2D eigenvalue weighted by atomic mass is 9.98. The second-order valence-electron chi connectivity index (χ2n) is 7.29. The van der Waals surface area contributed by atoms with Gasteiger partial charge in [0.1, 0.15) is 5.69 Å². The monoisotopic (exact) mass is 374 g/mol. The van der Waals surface area contributed by atoms with E-state index < -0.39 is 12.0 Å². The highest BCUT2D eigenvalue weighted by molar-refractivity contribution is 6.06. The quantitative estimate of drug-likeness (QED) is 0.417. The van der Waals surface area contributed by atoms with Crippen LogP contribution in [0, 0.1) is 19.8 Å². The van der Waals surface area contributed by atoms with E-state index in [1.807, 2.05) is 0 Å². The lowest BCUT2D eigenvalue weighted by Crippen LogP contribution is -2.46. The first-order valence-corrected chi connectivity index (χ1v) is 9.45. The Hall–Kier alpha value is -2.37. The van der Waals surface area contributed by atoms with Crippen molar-refractivity contribution in [1.82, 2.24) is 9.47 Å². The van der Waals surface area contributed by atoms with E-state index >= 15 is 0 Å². The molecule has 2 rings (SSSR count). The molecule has 1 fully saturated rings. The predicted octanol–water partition coefficient (Wildman–Crippen LogP) is 3.20. The number of hydrogen-bond donors (Lipinski definition) is 0. The van der Waals surface area contributed by atoms with Crippen molar-refractivity contribution in [1.29, 1.82) is 0 Å². The fourth-order valence-electron chi connectivity index (χ4n) is 4.06. The third-order valence-electron chi connectivity index (χ3n) is 5.72. The van der Waals surface area contributed by atoms with Crippen LogP contribution in [0.2, 0.25) is 0 Å². The molecule has 1 aromatic rings. The highest BCUT2D eigenvalue weighted by Gasteiger charge is 2.35. The third kappa shape index (κ3) is 3.84. The number of amides is 1. The maximum Gasteiger partial charge on any atom is 0.354 e. The molecule has 0 saturated heterocycles. The summed E-state index contributed by atoms with van der Waals surface area (Å²) in [6.45, 7) is 9.37. The zero-order valence-electron chi connectivity index (χ0n) is 17.0. The number of aromatic nitrogens is 1. The molecule has 0 aliphatic heterocycles. The average molecular weight is 374 g/mol. The summed E-state index contributed by atoms with van der Waals surface area (Å²) in [6, 6.07) is -0.624. The Morgan fingerprint density at radius 2 is 1.89 bits per heavy atom. The van der Waals surface area contributed by atoms with Gasteiger partial charge in [-0.15, -0.1) is 6.58 Å². The van der Waals surface area contributed by atoms with Crippen molar-refractivity contribution < 1.29 is 19.1 Å². The molecule has 6 heteroatoms. The number of ether oxygens (including phenoxy) is 1. The molecule has 0 spiro atoms. The summed E-state index contributed by atoms with van der Waals surface area (Å²) in [6.07, 6.45) is 5.52. The third-order valence-corrected chi connectivity index (χ3v) is 5.72. The molecule has 1 atom stereocenters. The van der Waals surface area contributed by atoms with Crippen molar-refractivity contribution in [2.24, 2.45) is 13.0 Å². The topological polar surface area (TPSA) is 68.6 Å². The number of carbonyl (C=O) groups excluding carboxylic acids is 3. The minimum atomic E-state index is -0.624. The van der Waals surface area contributed by atoms with E-state index in [4.69, 9.17) is 4.74 Å². The van der Waals surface area contributed by atoms with Crippen molar-refractivity contribution in [3.63, 3.8) is 0 Å². The average Bonchev–Trinajstić information content (AvgIpc) is 3.25. The lowest BCUT2D eigenvalue weighted by Gasteiger charge is -2.30. The number of esters is 1. The molecule has 148 valence electrons. The maximum atomic E-state index is 13.3. The number of carbonyl (C=O) groups is 3. The van der Waals surface area contributed by atoms with Crippen LogP contribution in [-0.2, 0) is 16.6 Å². The second-order valence-corrected chi connectivity index (χ2v) is 7.29. The molecular formula is C21H30N2O4. The van der Waals surface area contributed by atoms with Gasteiger partial charge in [0.15, 0.2) is 5.78 Å². The molecule has 1 aliphatic carbocycles. The molecule has 1 amide bonds. The summed E-state index contributed by atoms with van der Waals surface area (Å²) in [5, 5.41) is 0. The summed E-state index contributed by atoms with van der Waals surface area (Å²) in [5.41, 5.74) is 2.13. The van der Waals surface area contributed by atoms with E-state index in [2.05, 4.69) is 6.58 Å². The first kappa shape index (κ1) is 20.9. The van der Waals surface area contributed by atoms with Crippen LogP contribution in [0.15, 0.2) is 12.7 Å². The van der Waals surface area contributed by atoms with Gasteiger partial charge in [0.05, 0.1) is 13.2 Å². The van der Waals surface area contributed by atoms with Crippen LogP contribution in [0.5, 0.6) is 0 Å². The van der Waals surface area contributed by atoms with Gasteiger partial charge in [-0.2, -0.15) is 0 Å². The van der Waals surface area contributed by atoms with Gasteiger partial charge in [0, 0.05) is 30.8 Å². The van der Waals surface area contributed by atoms with E-state index in [9.17, 15) is 14.4 Å². The molecule has 1 aromatic heterocycles. The van der Waals surface area contributed by atoms with E-state index in [0.717, 1.165) is 25.7 Å². The fraction of sp³-hybridized carbons (Fsp3) is 0.571. The van der Waals surface area contributed by atoms with E-state index in [1.165, 1.54) is 7.11 Å². The molecule has 1 heterocycles. The van der Waals surface area contributed by atoms with Gasteiger partial charge >= 0.3 is 5.97 Å². The predicted molar refractivity (Wildman–Crippen MR) is 104 cm³/mol. The number of hydrogen-bond acceptors (Lipinski definition) is 4. The van der Waals surface area contributed by atoms with Crippen LogP contribution in [0.1, 0.15) is 64.7 Å². The Kier molecular flexibility index (Phi) is 6.63. The molecule has 0 bridgehead atoms. The van der Waals surface area contributed by atoms with Crippen LogP contribution >= 0.6 is 0 Å². The number of rotatable bonds is 7. The summed E-state index contributed by atoms with van der Waals surface area (Å²) in [7, 11) is 3.06. The lowest BCUT2D eigenvalue weighted by molar-refractivity contribution is -0.136. The molecule has 0 aromatic carbocycles. The van der Waals surface area contributed by atoms with E-state index in [0.29, 0.717) is 29.1 Å². The van der Waals surface area contributed by atoms with Crippen molar-refractivity contribution in [2.45, 2.75) is 52.5 Å². The smallest absolute Gasteiger partial charge is 0.354 e. The van der Waals surface area contributed by atoms with Crippen LogP contribution < -0.4 is 0 Å². The van der Waals surface area contributed by atoms with Gasteiger partial charge in [0.2, 0.25) is 5.91 Å². The van der Waals surface area contributed by atoms with Gasteiger partial charge in [-0.1, -0.05) is 18.9 Å². The minimum Gasteiger partial charge on any atom is -0.464 e. The van der Waals surface area contributed by atoms with E-state index in [-0.39, 0.29) is 17.6 Å². The molecule has 0 N–H and O–H groups in total. The SMILES string of the molecule is C=CCN(C(=O)C1CCCC1)[C@@H](C)C(=O)c1c(C)c(C(=O)OC)n(C)c1C. The summed E-state index contributed by atoms with van der Waals surface area (Å²) in [5.74, 6) is -0.629. The van der Waals surface area contributed by atoms with Crippen LogP contribution in [-0.4, -0.2) is 46.8 Å². The van der Waals surface area contributed by atoms with Crippen molar-refractivity contribution >= 4 is 17.7 Å². The first-order valence-electron chi connectivity index (χ1n) is 9.45. The fourth-order valence-corrected chi connectivity index (χ4v) is 4.06. The highest BCUT2D eigenvalue weighted by atomic mass is 16.5. The highest BCUT2D eigenvalue weighted by Crippen LogP contribution is 2.29. The van der Waals surface area contributed by atoms with Crippen molar-refractivity contribution in [3.8, 4) is 0 Å². The second kappa shape index (κ2) is 8.55. The maximum absolute atomic E-state index is 13.3. The van der Waals surface area contributed by atoms with Gasteiger partial charge in [-0.3, -0.25) is 9.59 Å². The molecular weight excluding hydrogens is 344 g/mol.